The molecule has 2 aromatic carbocycles. The molecular formula is C17H17IN2O2. The molecule has 0 heterocycles. The number of rotatable bonds is 5. The SMILES string of the molecule is CCCNC(=O)c1ccccc1NC(=O)c1ccc(I)cc1. The maximum absolute atomic E-state index is 12.3. The highest BCUT2D eigenvalue weighted by Crippen LogP contribution is 2.16. The zero-order valence-electron chi connectivity index (χ0n) is 12.2. The normalized spacial score (nSPS) is 10.1. The van der Waals surface area contributed by atoms with Crippen LogP contribution in [-0.2, 0) is 0 Å². The van der Waals surface area contributed by atoms with Crippen molar-refractivity contribution in [2.24, 2.45) is 0 Å². The highest BCUT2D eigenvalue weighted by atomic mass is 127. The molecule has 2 N–H and O–H groups in total. The van der Waals surface area contributed by atoms with Gasteiger partial charge in [0, 0.05) is 15.7 Å². The van der Waals surface area contributed by atoms with E-state index in [1.54, 1.807) is 36.4 Å². The fourth-order valence-corrected chi connectivity index (χ4v) is 2.28. The Hall–Kier alpha value is -1.89. The van der Waals surface area contributed by atoms with E-state index in [0.717, 1.165) is 9.99 Å². The van der Waals surface area contributed by atoms with Gasteiger partial charge < -0.3 is 10.6 Å². The summed E-state index contributed by atoms with van der Waals surface area (Å²) in [5.41, 5.74) is 1.54. The molecule has 5 heteroatoms. The summed E-state index contributed by atoms with van der Waals surface area (Å²) in [5.74, 6) is -0.410. The van der Waals surface area contributed by atoms with Crippen molar-refractivity contribution in [2.75, 3.05) is 11.9 Å². The molecule has 22 heavy (non-hydrogen) atoms. The Morgan fingerprint density at radius 3 is 2.36 bits per heavy atom. The van der Waals surface area contributed by atoms with E-state index in [2.05, 4.69) is 33.2 Å². The summed E-state index contributed by atoms with van der Waals surface area (Å²) in [6.07, 6.45) is 0.864. The van der Waals surface area contributed by atoms with Crippen molar-refractivity contribution < 1.29 is 9.59 Å². The molecule has 0 saturated carbocycles. The Balaban J connectivity index is 2.17. The minimum absolute atomic E-state index is 0.180. The predicted molar refractivity (Wildman–Crippen MR) is 96.2 cm³/mol. The lowest BCUT2D eigenvalue weighted by atomic mass is 10.1. The van der Waals surface area contributed by atoms with E-state index in [0.29, 0.717) is 23.4 Å². The van der Waals surface area contributed by atoms with Crippen LogP contribution in [0.5, 0.6) is 0 Å². The van der Waals surface area contributed by atoms with Crippen LogP contribution in [0.2, 0.25) is 0 Å². The zero-order valence-corrected chi connectivity index (χ0v) is 14.4. The number of amides is 2. The molecule has 0 aliphatic rings. The van der Waals surface area contributed by atoms with Gasteiger partial charge in [0.2, 0.25) is 0 Å². The lowest BCUT2D eigenvalue weighted by Crippen LogP contribution is -2.25. The number of hydrogen-bond acceptors (Lipinski definition) is 2. The van der Waals surface area contributed by atoms with Gasteiger partial charge in [-0.15, -0.1) is 0 Å². The van der Waals surface area contributed by atoms with Crippen LogP contribution in [0.3, 0.4) is 0 Å². The summed E-state index contributed by atoms with van der Waals surface area (Å²) in [5, 5.41) is 5.62. The fraction of sp³-hybridized carbons (Fsp3) is 0.176. The lowest BCUT2D eigenvalue weighted by molar-refractivity contribution is 0.0954. The number of nitrogens with one attached hydrogen (secondary N) is 2. The smallest absolute Gasteiger partial charge is 0.255 e. The zero-order chi connectivity index (χ0) is 15.9. The molecule has 0 aliphatic heterocycles. The van der Waals surface area contributed by atoms with Gasteiger partial charge in [-0.05, 0) is 65.4 Å². The molecule has 0 spiro atoms. The van der Waals surface area contributed by atoms with E-state index in [9.17, 15) is 9.59 Å². The van der Waals surface area contributed by atoms with Crippen molar-refractivity contribution in [1.29, 1.82) is 0 Å². The van der Waals surface area contributed by atoms with Crippen LogP contribution in [0.1, 0.15) is 34.1 Å². The first-order valence-electron chi connectivity index (χ1n) is 7.06. The fourth-order valence-electron chi connectivity index (χ4n) is 1.92. The van der Waals surface area contributed by atoms with E-state index in [1.165, 1.54) is 0 Å². The van der Waals surface area contributed by atoms with Gasteiger partial charge in [-0.2, -0.15) is 0 Å². The number of hydrogen-bond donors (Lipinski definition) is 2. The molecule has 0 saturated heterocycles. The molecule has 114 valence electrons. The molecule has 0 aromatic heterocycles. The number of halogens is 1. The van der Waals surface area contributed by atoms with Crippen LogP contribution in [0.25, 0.3) is 0 Å². The lowest BCUT2D eigenvalue weighted by Gasteiger charge is -2.11. The molecule has 0 unspecified atom stereocenters. The second-order valence-electron chi connectivity index (χ2n) is 4.76. The summed E-state index contributed by atoms with van der Waals surface area (Å²) >= 11 is 2.19. The van der Waals surface area contributed by atoms with Crippen molar-refractivity contribution in [3.05, 3.63) is 63.2 Å². The number of carbonyl (C=O) groups excluding carboxylic acids is 2. The Kier molecular flexibility index (Phi) is 5.94. The highest BCUT2D eigenvalue weighted by Gasteiger charge is 2.13. The first-order chi connectivity index (χ1) is 10.6. The number of benzene rings is 2. The average Bonchev–Trinajstić information content (AvgIpc) is 2.53. The van der Waals surface area contributed by atoms with E-state index < -0.39 is 0 Å². The van der Waals surface area contributed by atoms with E-state index in [4.69, 9.17) is 0 Å². The van der Waals surface area contributed by atoms with Crippen molar-refractivity contribution >= 4 is 40.1 Å². The minimum Gasteiger partial charge on any atom is -0.352 e. The third kappa shape index (κ3) is 4.30. The van der Waals surface area contributed by atoms with Gasteiger partial charge in [-0.1, -0.05) is 19.1 Å². The summed E-state index contributed by atoms with van der Waals surface area (Å²) in [6, 6.07) is 14.3. The Labute approximate surface area is 143 Å². The summed E-state index contributed by atoms with van der Waals surface area (Å²) in [4.78, 5) is 24.4. The van der Waals surface area contributed by atoms with Crippen LogP contribution < -0.4 is 10.6 Å². The van der Waals surface area contributed by atoms with Crippen molar-refractivity contribution in [1.82, 2.24) is 5.32 Å². The maximum Gasteiger partial charge on any atom is 0.255 e. The minimum atomic E-state index is -0.229. The first kappa shape index (κ1) is 16.5. The molecule has 0 fully saturated rings. The monoisotopic (exact) mass is 408 g/mol. The Morgan fingerprint density at radius 1 is 1.00 bits per heavy atom. The highest BCUT2D eigenvalue weighted by molar-refractivity contribution is 14.1. The van der Waals surface area contributed by atoms with Gasteiger partial charge in [-0.3, -0.25) is 9.59 Å². The van der Waals surface area contributed by atoms with Gasteiger partial charge in [0.05, 0.1) is 11.3 Å². The molecule has 0 atom stereocenters. The second kappa shape index (κ2) is 7.93. The molecule has 4 nitrogen and oxygen atoms in total. The third-order valence-corrected chi connectivity index (χ3v) is 3.78. The van der Waals surface area contributed by atoms with Gasteiger partial charge >= 0.3 is 0 Å². The topological polar surface area (TPSA) is 58.2 Å². The van der Waals surface area contributed by atoms with Crippen LogP contribution in [0.15, 0.2) is 48.5 Å². The van der Waals surface area contributed by atoms with Crippen LogP contribution in [0.4, 0.5) is 5.69 Å². The Morgan fingerprint density at radius 2 is 1.68 bits per heavy atom. The van der Waals surface area contributed by atoms with Gasteiger partial charge in [-0.25, -0.2) is 0 Å². The third-order valence-electron chi connectivity index (χ3n) is 3.06. The number of para-hydroxylation sites is 1. The van der Waals surface area contributed by atoms with Crippen molar-refractivity contribution in [2.45, 2.75) is 13.3 Å². The standard InChI is InChI=1S/C17H17IN2O2/c1-2-11-19-17(22)14-5-3-4-6-15(14)20-16(21)12-7-9-13(18)10-8-12/h3-10H,2,11H2,1H3,(H,19,22)(H,20,21). The predicted octanol–water partition coefficient (Wildman–Crippen LogP) is 3.68. The summed E-state index contributed by atoms with van der Waals surface area (Å²) in [6.45, 7) is 2.60. The van der Waals surface area contributed by atoms with Crippen molar-refractivity contribution in [3.63, 3.8) is 0 Å². The molecule has 0 bridgehead atoms. The van der Waals surface area contributed by atoms with Gasteiger partial charge in [0.25, 0.3) is 11.8 Å². The van der Waals surface area contributed by atoms with E-state index in [1.807, 2.05) is 19.1 Å². The number of carbonyl (C=O) groups is 2. The average molecular weight is 408 g/mol. The van der Waals surface area contributed by atoms with Crippen molar-refractivity contribution in [3.8, 4) is 0 Å². The molecule has 2 amide bonds. The quantitative estimate of drug-likeness (QED) is 0.742. The molecular weight excluding hydrogens is 391 g/mol. The summed E-state index contributed by atoms with van der Waals surface area (Å²) in [7, 11) is 0. The van der Waals surface area contributed by atoms with Crippen LogP contribution >= 0.6 is 22.6 Å². The van der Waals surface area contributed by atoms with Gasteiger partial charge in [0.1, 0.15) is 0 Å². The largest absolute Gasteiger partial charge is 0.352 e. The molecule has 0 aliphatic carbocycles. The van der Waals surface area contributed by atoms with Crippen LogP contribution in [0, 0.1) is 3.57 Å². The van der Waals surface area contributed by atoms with E-state index >= 15 is 0 Å². The maximum atomic E-state index is 12.3. The molecule has 0 radical (unpaired) electrons. The first-order valence-corrected chi connectivity index (χ1v) is 8.14. The van der Waals surface area contributed by atoms with Crippen LogP contribution in [-0.4, -0.2) is 18.4 Å². The molecule has 2 rings (SSSR count). The number of anilines is 1. The van der Waals surface area contributed by atoms with Gasteiger partial charge in [0.15, 0.2) is 0 Å². The Bertz CT molecular complexity index is 669. The molecule has 2 aromatic rings. The second-order valence-corrected chi connectivity index (χ2v) is 6.01. The summed E-state index contributed by atoms with van der Waals surface area (Å²) < 4.78 is 1.06. The van der Waals surface area contributed by atoms with E-state index in [-0.39, 0.29) is 11.8 Å².